The highest BCUT2D eigenvalue weighted by molar-refractivity contribution is 5.73. The van der Waals surface area contributed by atoms with Gasteiger partial charge in [0.1, 0.15) is 18.4 Å². The molecule has 0 saturated carbocycles. The van der Waals surface area contributed by atoms with Gasteiger partial charge >= 0.3 is 5.97 Å². The number of carbonyl (C=O) groups is 1. The number of benzene rings is 3. The molecule has 2 atom stereocenters. The van der Waals surface area contributed by atoms with Gasteiger partial charge in [0.05, 0.1) is 6.04 Å². The van der Waals surface area contributed by atoms with E-state index in [4.69, 9.17) is 4.74 Å². The third-order valence-electron chi connectivity index (χ3n) is 6.31. The highest BCUT2D eigenvalue weighted by Crippen LogP contribution is 2.36. The molecule has 3 aromatic carbocycles. The maximum Gasteiger partial charge on any atom is 0.320 e. The Hall–Kier alpha value is -3.31. The lowest BCUT2D eigenvalue weighted by atomic mass is 9.91. The molecule has 5 nitrogen and oxygen atoms in total. The average Bonchev–Trinajstić information content (AvgIpc) is 2.84. The summed E-state index contributed by atoms with van der Waals surface area (Å²) in [5, 5.41) is 9.96. The third-order valence-corrected chi connectivity index (χ3v) is 6.31. The Bertz CT molecular complexity index is 1050. The van der Waals surface area contributed by atoms with Crippen molar-refractivity contribution in [2.24, 2.45) is 0 Å². The Morgan fingerprint density at radius 1 is 1.00 bits per heavy atom. The fourth-order valence-electron chi connectivity index (χ4n) is 4.57. The molecule has 1 heterocycles. The quantitative estimate of drug-likeness (QED) is 0.507. The van der Waals surface area contributed by atoms with Crippen molar-refractivity contribution < 1.29 is 14.6 Å². The van der Waals surface area contributed by atoms with Crippen molar-refractivity contribution in [3.8, 4) is 5.75 Å². The van der Waals surface area contributed by atoms with Crippen LogP contribution < -0.4 is 9.64 Å². The van der Waals surface area contributed by atoms with Gasteiger partial charge in [0.15, 0.2) is 0 Å². The number of carboxylic acids is 1. The van der Waals surface area contributed by atoms with E-state index in [0.717, 1.165) is 47.5 Å². The molecular weight excluding hydrogens is 412 g/mol. The minimum absolute atomic E-state index is 0.150. The number of hydrogen-bond acceptors (Lipinski definition) is 4. The van der Waals surface area contributed by atoms with Gasteiger partial charge in [-0.25, -0.2) is 0 Å². The van der Waals surface area contributed by atoms with Crippen LogP contribution in [0.1, 0.15) is 42.0 Å². The van der Waals surface area contributed by atoms with Crippen LogP contribution >= 0.6 is 0 Å². The Labute approximate surface area is 196 Å². The van der Waals surface area contributed by atoms with E-state index in [1.165, 1.54) is 0 Å². The smallest absolute Gasteiger partial charge is 0.320 e. The van der Waals surface area contributed by atoms with Crippen LogP contribution in [0.3, 0.4) is 0 Å². The van der Waals surface area contributed by atoms with Crippen LogP contribution in [0.5, 0.6) is 5.75 Å². The molecular formula is C28H32N2O3. The van der Waals surface area contributed by atoms with Crippen LogP contribution in [0, 0.1) is 0 Å². The number of carboxylic acid groups (broad SMARTS) is 1. The molecule has 0 bridgehead atoms. The lowest BCUT2D eigenvalue weighted by Crippen LogP contribution is -2.46. The molecule has 3 aromatic rings. The highest BCUT2D eigenvalue weighted by Gasteiger charge is 2.35. The van der Waals surface area contributed by atoms with Crippen molar-refractivity contribution in [1.29, 1.82) is 0 Å². The number of nitrogens with zero attached hydrogens (tertiary/aromatic N) is 2. The number of piperidine rings is 1. The monoisotopic (exact) mass is 444 g/mol. The number of ether oxygens (including phenoxy) is 1. The fourth-order valence-corrected chi connectivity index (χ4v) is 4.57. The maximum absolute atomic E-state index is 12.1. The molecule has 5 heteroatoms. The minimum atomic E-state index is -0.749. The highest BCUT2D eigenvalue weighted by atomic mass is 16.5. The molecule has 0 amide bonds. The van der Waals surface area contributed by atoms with E-state index in [2.05, 4.69) is 46.2 Å². The second kappa shape index (κ2) is 10.5. The Morgan fingerprint density at radius 3 is 2.45 bits per heavy atom. The molecule has 0 aliphatic carbocycles. The SMILES string of the molecule is CN(C)c1ccc(C(c2cccc(OCc3ccccc3)c2)N2CCCCC2C(=O)O)cc1. The van der Waals surface area contributed by atoms with Crippen LogP contribution in [-0.4, -0.2) is 42.7 Å². The van der Waals surface area contributed by atoms with Gasteiger partial charge in [0, 0.05) is 19.8 Å². The molecule has 1 aliphatic rings. The second-order valence-corrected chi connectivity index (χ2v) is 8.82. The molecule has 33 heavy (non-hydrogen) atoms. The van der Waals surface area contributed by atoms with Gasteiger partial charge in [-0.15, -0.1) is 0 Å². The zero-order valence-corrected chi connectivity index (χ0v) is 19.4. The van der Waals surface area contributed by atoms with Gasteiger partial charge in [-0.1, -0.05) is 61.0 Å². The van der Waals surface area contributed by atoms with E-state index in [0.29, 0.717) is 13.0 Å². The van der Waals surface area contributed by atoms with E-state index in [1.807, 2.05) is 56.6 Å². The Kier molecular flexibility index (Phi) is 7.30. The summed E-state index contributed by atoms with van der Waals surface area (Å²) in [7, 11) is 4.04. The fraction of sp³-hybridized carbons (Fsp3) is 0.321. The molecule has 2 unspecified atom stereocenters. The number of aliphatic carboxylic acids is 1. The summed E-state index contributed by atoms with van der Waals surface area (Å²) in [6, 6.07) is 26.0. The lowest BCUT2D eigenvalue weighted by Gasteiger charge is -2.39. The minimum Gasteiger partial charge on any atom is -0.489 e. The van der Waals surface area contributed by atoms with Crippen LogP contribution in [0.15, 0.2) is 78.9 Å². The number of anilines is 1. The van der Waals surface area contributed by atoms with Gasteiger partial charge in [0.2, 0.25) is 0 Å². The lowest BCUT2D eigenvalue weighted by molar-refractivity contribution is -0.145. The molecule has 1 N–H and O–H groups in total. The summed E-state index contributed by atoms with van der Waals surface area (Å²) in [4.78, 5) is 16.3. The summed E-state index contributed by atoms with van der Waals surface area (Å²) in [6.07, 6.45) is 2.62. The van der Waals surface area contributed by atoms with Gasteiger partial charge in [-0.3, -0.25) is 9.69 Å². The zero-order chi connectivity index (χ0) is 23.2. The summed E-state index contributed by atoms with van der Waals surface area (Å²) < 4.78 is 6.09. The summed E-state index contributed by atoms with van der Waals surface area (Å²) in [5.74, 6) is 0.0382. The van der Waals surface area contributed by atoms with Crippen molar-refractivity contribution in [3.63, 3.8) is 0 Å². The van der Waals surface area contributed by atoms with Crippen molar-refractivity contribution in [1.82, 2.24) is 4.90 Å². The molecule has 1 fully saturated rings. The predicted molar refractivity (Wildman–Crippen MR) is 132 cm³/mol. The van der Waals surface area contributed by atoms with Crippen molar-refractivity contribution in [2.75, 3.05) is 25.5 Å². The normalized spacial score (nSPS) is 17.3. The van der Waals surface area contributed by atoms with Gasteiger partial charge in [-0.2, -0.15) is 0 Å². The van der Waals surface area contributed by atoms with Crippen LogP contribution in [-0.2, 0) is 11.4 Å². The van der Waals surface area contributed by atoms with Crippen LogP contribution in [0.4, 0.5) is 5.69 Å². The standard InChI is InChI=1S/C28H32N2O3/c1-29(2)24-16-14-22(15-17-24)27(30-18-7-6-13-26(30)28(31)32)23-11-8-12-25(19-23)33-20-21-9-4-3-5-10-21/h3-5,8-12,14-17,19,26-27H,6-7,13,18,20H2,1-2H3,(H,31,32). The van der Waals surface area contributed by atoms with Crippen LogP contribution in [0.2, 0.25) is 0 Å². The number of rotatable bonds is 8. The van der Waals surface area contributed by atoms with E-state index in [1.54, 1.807) is 0 Å². The number of hydrogen-bond donors (Lipinski definition) is 1. The Morgan fingerprint density at radius 2 is 1.76 bits per heavy atom. The second-order valence-electron chi connectivity index (χ2n) is 8.82. The van der Waals surface area contributed by atoms with Crippen molar-refractivity contribution in [3.05, 3.63) is 95.6 Å². The molecule has 4 rings (SSSR count). The summed E-state index contributed by atoms with van der Waals surface area (Å²) in [5.41, 5.74) is 4.37. The number of likely N-dealkylation sites (tertiary alicyclic amines) is 1. The topological polar surface area (TPSA) is 53.0 Å². The molecule has 0 spiro atoms. The van der Waals surface area contributed by atoms with Gasteiger partial charge in [-0.05, 0) is 60.3 Å². The molecule has 1 aliphatic heterocycles. The van der Waals surface area contributed by atoms with Crippen LogP contribution in [0.25, 0.3) is 0 Å². The van der Waals surface area contributed by atoms with E-state index in [9.17, 15) is 9.90 Å². The zero-order valence-electron chi connectivity index (χ0n) is 19.4. The van der Waals surface area contributed by atoms with Gasteiger partial charge in [0.25, 0.3) is 0 Å². The first-order chi connectivity index (χ1) is 16.0. The first kappa shape index (κ1) is 22.9. The summed E-state index contributed by atoms with van der Waals surface area (Å²) >= 11 is 0. The van der Waals surface area contributed by atoms with E-state index >= 15 is 0 Å². The van der Waals surface area contributed by atoms with Gasteiger partial charge < -0.3 is 14.7 Å². The third kappa shape index (κ3) is 5.55. The molecule has 1 saturated heterocycles. The molecule has 172 valence electrons. The molecule has 0 radical (unpaired) electrons. The van der Waals surface area contributed by atoms with Crippen molar-refractivity contribution >= 4 is 11.7 Å². The predicted octanol–water partition coefficient (Wildman–Crippen LogP) is 5.36. The largest absolute Gasteiger partial charge is 0.489 e. The summed E-state index contributed by atoms with van der Waals surface area (Å²) in [6.45, 7) is 1.25. The first-order valence-electron chi connectivity index (χ1n) is 11.6. The maximum atomic E-state index is 12.1. The Balaban J connectivity index is 1.67. The first-order valence-corrected chi connectivity index (χ1v) is 11.6. The average molecular weight is 445 g/mol. The van der Waals surface area contributed by atoms with E-state index < -0.39 is 12.0 Å². The molecule has 0 aromatic heterocycles. The van der Waals surface area contributed by atoms with Crippen molar-refractivity contribution in [2.45, 2.75) is 38.0 Å². The van der Waals surface area contributed by atoms with E-state index in [-0.39, 0.29) is 6.04 Å².